The van der Waals surface area contributed by atoms with Gasteiger partial charge in [-0.25, -0.2) is 0 Å². The number of carbonyl (C=O) groups excluding carboxylic acids is 1. The van der Waals surface area contributed by atoms with Crippen LogP contribution < -0.4 is 5.32 Å². The van der Waals surface area contributed by atoms with E-state index in [0.29, 0.717) is 19.4 Å². The Morgan fingerprint density at radius 2 is 1.89 bits per heavy atom. The monoisotopic (exact) mass is 290 g/mol. The molecule has 0 aliphatic rings. The highest BCUT2D eigenvalue weighted by Crippen LogP contribution is 2.17. The first-order chi connectivity index (χ1) is 7.90. The predicted molar refractivity (Wildman–Crippen MR) is 68.0 cm³/mol. The summed E-state index contributed by atoms with van der Waals surface area (Å²) in [4.78, 5) is 12.5. The zero-order chi connectivity index (χ0) is 13.3. The lowest BCUT2D eigenvalue weighted by atomic mass is 10.2. The maximum atomic E-state index is 12.3. The second kappa shape index (κ2) is 10.4. The second-order valence-electron chi connectivity index (χ2n) is 3.99. The summed E-state index contributed by atoms with van der Waals surface area (Å²) in [7, 11) is 1.75. The maximum absolute atomic E-state index is 12.3. The Morgan fingerprint density at radius 3 is 2.33 bits per heavy atom. The number of alkyl halides is 3. The zero-order valence-corrected chi connectivity index (χ0v) is 11.7. The van der Waals surface area contributed by atoms with Gasteiger partial charge in [-0.3, -0.25) is 4.79 Å². The summed E-state index contributed by atoms with van der Waals surface area (Å²) in [5.74, 6) is -0.411. The molecule has 0 aliphatic heterocycles. The van der Waals surface area contributed by atoms with Gasteiger partial charge in [0.25, 0.3) is 0 Å². The van der Waals surface area contributed by atoms with Crippen molar-refractivity contribution in [1.29, 1.82) is 0 Å². The van der Waals surface area contributed by atoms with Gasteiger partial charge in [-0.2, -0.15) is 13.2 Å². The van der Waals surface area contributed by atoms with Crippen LogP contribution in [0.15, 0.2) is 0 Å². The molecule has 0 saturated heterocycles. The van der Waals surface area contributed by atoms with Gasteiger partial charge in [-0.15, -0.1) is 12.4 Å². The van der Waals surface area contributed by atoms with Crippen LogP contribution in [0.3, 0.4) is 0 Å². The molecule has 3 nitrogen and oxygen atoms in total. The van der Waals surface area contributed by atoms with E-state index in [2.05, 4.69) is 5.32 Å². The summed E-state index contributed by atoms with van der Waals surface area (Å²) < 4.78 is 36.8. The van der Waals surface area contributed by atoms with Crippen LogP contribution in [-0.4, -0.2) is 43.7 Å². The van der Waals surface area contributed by atoms with E-state index in [1.165, 1.54) is 0 Å². The summed E-state index contributed by atoms with van der Waals surface area (Å²) in [5.41, 5.74) is 0. The first-order valence-electron chi connectivity index (χ1n) is 5.89. The van der Waals surface area contributed by atoms with E-state index in [-0.39, 0.29) is 25.4 Å². The van der Waals surface area contributed by atoms with E-state index < -0.39 is 18.6 Å². The van der Waals surface area contributed by atoms with Gasteiger partial charge < -0.3 is 10.2 Å². The van der Waals surface area contributed by atoms with Crippen molar-refractivity contribution in [1.82, 2.24) is 10.2 Å². The van der Waals surface area contributed by atoms with Crippen LogP contribution in [0.1, 0.15) is 32.6 Å². The normalized spacial score (nSPS) is 10.9. The Balaban J connectivity index is 0. The van der Waals surface area contributed by atoms with Crippen LogP contribution in [0.2, 0.25) is 0 Å². The highest BCUT2D eigenvalue weighted by atomic mass is 35.5. The third kappa shape index (κ3) is 10.7. The fraction of sp³-hybridized carbons (Fsp3) is 0.909. The third-order valence-corrected chi connectivity index (χ3v) is 2.32. The maximum Gasteiger partial charge on any atom is 0.406 e. The van der Waals surface area contributed by atoms with Crippen molar-refractivity contribution in [3.05, 3.63) is 0 Å². The van der Waals surface area contributed by atoms with Gasteiger partial charge in [0, 0.05) is 13.0 Å². The summed E-state index contributed by atoms with van der Waals surface area (Å²) in [6.07, 6.45) is -2.20. The van der Waals surface area contributed by atoms with Crippen LogP contribution in [0.25, 0.3) is 0 Å². The number of hydrogen-bond acceptors (Lipinski definition) is 2. The molecule has 0 saturated carbocycles. The molecule has 0 aliphatic carbocycles. The average Bonchev–Trinajstić information content (AvgIpc) is 2.22. The van der Waals surface area contributed by atoms with Crippen LogP contribution in [-0.2, 0) is 4.79 Å². The molecule has 7 heteroatoms. The predicted octanol–water partition coefficient (Wildman–Crippen LogP) is 2.60. The molecule has 0 unspecified atom stereocenters. The Kier molecular flexibility index (Phi) is 11.5. The molecule has 0 atom stereocenters. The number of nitrogens with one attached hydrogen (secondary N) is 1. The quantitative estimate of drug-likeness (QED) is 0.697. The lowest BCUT2D eigenvalue weighted by Gasteiger charge is -2.23. The van der Waals surface area contributed by atoms with E-state index in [9.17, 15) is 18.0 Å². The molecule has 18 heavy (non-hydrogen) atoms. The van der Waals surface area contributed by atoms with E-state index in [1.54, 1.807) is 7.05 Å². The molecule has 0 fully saturated rings. The Morgan fingerprint density at radius 1 is 1.28 bits per heavy atom. The van der Waals surface area contributed by atoms with Crippen LogP contribution in [0, 0.1) is 0 Å². The molecule has 0 spiro atoms. The smallest absolute Gasteiger partial charge is 0.334 e. The van der Waals surface area contributed by atoms with Crippen molar-refractivity contribution < 1.29 is 18.0 Å². The molecule has 0 radical (unpaired) electrons. The van der Waals surface area contributed by atoms with Gasteiger partial charge in [0.2, 0.25) is 5.91 Å². The van der Waals surface area contributed by atoms with Crippen LogP contribution in [0.4, 0.5) is 13.2 Å². The second-order valence-corrected chi connectivity index (χ2v) is 3.99. The number of hydrogen-bond donors (Lipinski definition) is 1. The molecule has 1 amide bonds. The molecule has 0 aromatic rings. The van der Waals surface area contributed by atoms with Crippen molar-refractivity contribution in [3.8, 4) is 0 Å². The van der Waals surface area contributed by atoms with Gasteiger partial charge in [0.15, 0.2) is 0 Å². The van der Waals surface area contributed by atoms with E-state index in [4.69, 9.17) is 0 Å². The molecular formula is C11H22ClF3N2O. The fourth-order valence-corrected chi connectivity index (χ4v) is 1.43. The highest BCUT2D eigenvalue weighted by molar-refractivity contribution is 5.85. The number of nitrogens with zero attached hydrogens (tertiary/aromatic N) is 1. The summed E-state index contributed by atoms with van der Waals surface area (Å²) in [6, 6.07) is 0. The third-order valence-electron chi connectivity index (χ3n) is 2.32. The number of rotatable bonds is 8. The Bertz CT molecular complexity index is 225. The van der Waals surface area contributed by atoms with Crippen molar-refractivity contribution in [2.45, 2.75) is 38.8 Å². The Hall–Kier alpha value is -0.490. The number of carbonyl (C=O) groups is 1. The van der Waals surface area contributed by atoms with Gasteiger partial charge in [-0.1, -0.05) is 13.3 Å². The number of halogens is 4. The standard InChI is InChI=1S/C11H21F3N2O.ClH/c1-3-4-8-16(9-11(12,13)14)10(17)6-5-7-15-2;/h15H,3-9H2,1-2H3;1H. The minimum absolute atomic E-state index is 0. The lowest BCUT2D eigenvalue weighted by Crippen LogP contribution is -2.39. The minimum atomic E-state index is -4.31. The van der Waals surface area contributed by atoms with Crippen LogP contribution >= 0.6 is 12.4 Å². The molecule has 0 rings (SSSR count). The van der Waals surface area contributed by atoms with Gasteiger partial charge in [0.05, 0.1) is 0 Å². The first kappa shape index (κ1) is 19.8. The molecular weight excluding hydrogens is 269 g/mol. The number of amides is 1. The molecule has 0 aromatic heterocycles. The van der Waals surface area contributed by atoms with Gasteiger partial charge in [0.1, 0.15) is 6.54 Å². The zero-order valence-electron chi connectivity index (χ0n) is 10.8. The largest absolute Gasteiger partial charge is 0.406 e. The molecule has 0 bridgehead atoms. The fourth-order valence-electron chi connectivity index (χ4n) is 1.43. The first-order valence-corrected chi connectivity index (χ1v) is 5.89. The summed E-state index contributed by atoms with van der Waals surface area (Å²) >= 11 is 0. The van der Waals surface area contributed by atoms with E-state index in [1.807, 2.05) is 6.92 Å². The summed E-state index contributed by atoms with van der Waals surface area (Å²) in [6.45, 7) is 1.58. The van der Waals surface area contributed by atoms with Crippen molar-refractivity contribution in [2.24, 2.45) is 0 Å². The Labute approximate surface area is 113 Å². The van der Waals surface area contributed by atoms with E-state index in [0.717, 1.165) is 11.3 Å². The molecule has 1 N–H and O–H groups in total. The molecule has 0 aromatic carbocycles. The highest BCUT2D eigenvalue weighted by Gasteiger charge is 2.32. The average molecular weight is 291 g/mol. The van der Waals surface area contributed by atoms with Crippen LogP contribution in [0.5, 0.6) is 0 Å². The minimum Gasteiger partial charge on any atom is -0.334 e. The molecule has 0 heterocycles. The van der Waals surface area contributed by atoms with Crippen molar-refractivity contribution in [2.75, 3.05) is 26.7 Å². The topological polar surface area (TPSA) is 32.3 Å². The van der Waals surface area contributed by atoms with Crippen molar-refractivity contribution >= 4 is 18.3 Å². The SMILES string of the molecule is CCCCN(CC(F)(F)F)C(=O)CCCNC.Cl. The van der Waals surface area contributed by atoms with E-state index >= 15 is 0 Å². The number of unbranched alkanes of at least 4 members (excludes halogenated alkanes) is 1. The summed E-state index contributed by atoms with van der Waals surface area (Å²) in [5, 5.41) is 2.86. The van der Waals surface area contributed by atoms with Crippen molar-refractivity contribution in [3.63, 3.8) is 0 Å². The lowest BCUT2D eigenvalue weighted by molar-refractivity contribution is -0.161. The van der Waals surface area contributed by atoms with Gasteiger partial charge >= 0.3 is 6.18 Å². The molecule has 110 valence electrons. The van der Waals surface area contributed by atoms with Gasteiger partial charge in [-0.05, 0) is 26.4 Å².